The van der Waals surface area contributed by atoms with E-state index in [4.69, 9.17) is 9.26 Å². The first-order valence-electron chi connectivity index (χ1n) is 9.19. The molecule has 1 saturated heterocycles. The molecule has 0 amide bonds. The van der Waals surface area contributed by atoms with Crippen LogP contribution in [0.1, 0.15) is 17.8 Å². The third-order valence-electron chi connectivity index (χ3n) is 4.65. The van der Waals surface area contributed by atoms with Gasteiger partial charge < -0.3 is 19.5 Å². The molecular weight excluding hydrogens is 342 g/mol. The monoisotopic (exact) mass is 365 g/mol. The van der Waals surface area contributed by atoms with Crippen molar-refractivity contribution in [3.8, 4) is 17.2 Å². The number of aromatic nitrogens is 3. The van der Waals surface area contributed by atoms with E-state index in [0.29, 0.717) is 18.1 Å². The number of anilines is 1. The molecule has 0 bridgehead atoms. The van der Waals surface area contributed by atoms with Crippen LogP contribution in [0.15, 0.2) is 47.1 Å². The van der Waals surface area contributed by atoms with E-state index in [9.17, 15) is 0 Å². The fourth-order valence-corrected chi connectivity index (χ4v) is 3.14. The normalized spacial score (nSPS) is 14.8. The molecular formula is C20H23N5O2. The lowest BCUT2D eigenvalue weighted by Gasteiger charge is -2.20. The number of hydrogen-bond donors (Lipinski definition) is 1. The van der Waals surface area contributed by atoms with Gasteiger partial charge in [0.15, 0.2) is 5.82 Å². The van der Waals surface area contributed by atoms with Crippen molar-refractivity contribution in [3.05, 3.63) is 54.0 Å². The molecule has 7 nitrogen and oxygen atoms in total. The highest BCUT2D eigenvalue weighted by Crippen LogP contribution is 2.21. The summed E-state index contributed by atoms with van der Waals surface area (Å²) in [6, 6.07) is 11.9. The van der Waals surface area contributed by atoms with Crippen LogP contribution in [0.25, 0.3) is 11.5 Å². The first-order valence-corrected chi connectivity index (χ1v) is 9.19. The van der Waals surface area contributed by atoms with E-state index in [-0.39, 0.29) is 0 Å². The Kier molecular flexibility index (Phi) is 5.29. The number of rotatable bonds is 5. The number of ether oxygens (including phenoxy) is 1. The molecule has 0 aliphatic carbocycles. The largest absolute Gasteiger partial charge is 0.497 e. The smallest absolute Gasteiger partial charge is 0.259 e. The first-order chi connectivity index (χ1) is 13.3. The molecule has 2 aromatic heterocycles. The predicted molar refractivity (Wildman–Crippen MR) is 103 cm³/mol. The second-order valence-electron chi connectivity index (χ2n) is 6.54. The highest BCUT2D eigenvalue weighted by atomic mass is 16.5. The second kappa shape index (κ2) is 8.18. The number of methoxy groups -OCH3 is 1. The van der Waals surface area contributed by atoms with Crippen LogP contribution in [-0.4, -0.2) is 48.4 Å². The van der Waals surface area contributed by atoms with Crippen LogP contribution >= 0.6 is 0 Å². The van der Waals surface area contributed by atoms with Crippen molar-refractivity contribution in [1.82, 2.24) is 20.4 Å². The van der Waals surface area contributed by atoms with Crippen LogP contribution in [0.5, 0.6) is 5.75 Å². The SMILES string of the molecule is COc1ccc(Cc2noc(-c3ccc(N4CCCNCC4)nc3)n2)cc1. The fourth-order valence-electron chi connectivity index (χ4n) is 3.14. The van der Waals surface area contributed by atoms with Crippen molar-refractivity contribution < 1.29 is 9.26 Å². The molecule has 0 radical (unpaired) electrons. The van der Waals surface area contributed by atoms with Crippen molar-refractivity contribution in [2.45, 2.75) is 12.8 Å². The Morgan fingerprint density at radius 2 is 2.00 bits per heavy atom. The highest BCUT2D eigenvalue weighted by molar-refractivity contribution is 5.54. The van der Waals surface area contributed by atoms with Gasteiger partial charge in [0, 0.05) is 32.3 Å². The van der Waals surface area contributed by atoms with E-state index in [1.54, 1.807) is 13.3 Å². The summed E-state index contributed by atoms with van der Waals surface area (Å²) in [7, 11) is 1.66. The molecule has 3 heterocycles. The van der Waals surface area contributed by atoms with E-state index < -0.39 is 0 Å². The maximum atomic E-state index is 5.42. The van der Waals surface area contributed by atoms with E-state index in [0.717, 1.165) is 55.3 Å². The minimum Gasteiger partial charge on any atom is -0.497 e. The molecule has 0 saturated carbocycles. The maximum absolute atomic E-state index is 5.42. The van der Waals surface area contributed by atoms with Gasteiger partial charge in [0.05, 0.1) is 12.7 Å². The third kappa shape index (κ3) is 4.25. The molecule has 4 rings (SSSR count). The Balaban J connectivity index is 1.44. The number of nitrogens with one attached hydrogen (secondary N) is 1. The summed E-state index contributed by atoms with van der Waals surface area (Å²) in [5, 5.41) is 7.49. The quantitative estimate of drug-likeness (QED) is 0.744. The lowest BCUT2D eigenvalue weighted by atomic mass is 10.1. The van der Waals surface area contributed by atoms with Crippen molar-refractivity contribution in [3.63, 3.8) is 0 Å². The molecule has 1 aliphatic heterocycles. The molecule has 0 unspecified atom stereocenters. The number of hydrogen-bond acceptors (Lipinski definition) is 7. The summed E-state index contributed by atoms with van der Waals surface area (Å²) in [5.41, 5.74) is 1.94. The van der Waals surface area contributed by atoms with E-state index in [2.05, 4.69) is 25.3 Å². The van der Waals surface area contributed by atoms with Gasteiger partial charge in [-0.3, -0.25) is 0 Å². The predicted octanol–water partition coefficient (Wildman–Crippen LogP) is 2.53. The molecule has 140 valence electrons. The average Bonchev–Trinajstić information content (AvgIpc) is 3.01. The zero-order valence-corrected chi connectivity index (χ0v) is 15.4. The minimum atomic E-state index is 0.495. The van der Waals surface area contributed by atoms with Crippen LogP contribution < -0.4 is 15.0 Å². The number of pyridine rings is 1. The Morgan fingerprint density at radius 3 is 2.78 bits per heavy atom. The summed E-state index contributed by atoms with van der Waals surface area (Å²) in [6.45, 7) is 4.04. The van der Waals surface area contributed by atoms with Gasteiger partial charge >= 0.3 is 0 Å². The topological polar surface area (TPSA) is 76.3 Å². The molecule has 3 aromatic rings. The number of benzene rings is 1. The first kappa shape index (κ1) is 17.5. The molecule has 1 N–H and O–H groups in total. The molecule has 27 heavy (non-hydrogen) atoms. The van der Waals surface area contributed by atoms with Gasteiger partial charge in [-0.1, -0.05) is 17.3 Å². The zero-order chi connectivity index (χ0) is 18.5. The van der Waals surface area contributed by atoms with Crippen molar-refractivity contribution in [2.75, 3.05) is 38.2 Å². The average molecular weight is 365 g/mol. The molecule has 1 fully saturated rings. The summed E-state index contributed by atoms with van der Waals surface area (Å²) < 4.78 is 10.6. The van der Waals surface area contributed by atoms with Crippen molar-refractivity contribution in [1.29, 1.82) is 0 Å². The van der Waals surface area contributed by atoms with Crippen LogP contribution in [0.4, 0.5) is 5.82 Å². The third-order valence-corrected chi connectivity index (χ3v) is 4.65. The zero-order valence-electron chi connectivity index (χ0n) is 15.4. The lowest BCUT2D eigenvalue weighted by Crippen LogP contribution is -2.28. The maximum Gasteiger partial charge on any atom is 0.259 e. The van der Waals surface area contributed by atoms with Gasteiger partial charge in [-0.15, -0.1) is 0 Å². The van der Waals surface area contributed by atoms with E-state index in [1.807, 2.05) is 36.4 Å². The second-order valence-corrected chi connectivity index (χ2v) is 6.54. The summed E-state index contributed by atoms with van der Waals surface area (Å²) in [5.74, 6) is 2.97. The highest BCUT2D eigenvalue weighted by Gasteiger charge is 2.13. The number of nitrogens with zero attached hydrogens (tertiary/aromatic N) is 4. The lowest BCUT2D eigenvalue weighted by molar-refractivity contribution is 0.414. The summed E-state index contributed by atoms with van der Waals surface area (Å²) >= 11 is 0. The standard InChI is InChI=1S/C20H23N5O2/c1-26-17-6-3-15(4-7-17)13-18-23-20(27-24-18)16-5-8-19(22-14-16)25-11-2-9-21-10-12-25/h3-8,14,21H,2,9-13H2,1H3. The minimum absolute atomic E-state index is 0.495. The van der Waals surface area contributed by atoms with Gasteiger partial charge in [0.25, 0.3) is 5.89 Å². The molecule has 1 aromatic carbocycles. The van der Waals surface area contributed by atoms with Gasteiger partial charge in [0.1, 0.15) is 11.6 Å². The molecule has 1 aliphatic rings. The Labute approximate surface area is 158 Å². The van der Waals surface area contributed by atoms with Crippen LogP contribution in [0.3, 0.4) is 0 Å². The summed E-state index contributed by atoms with van der Waals surface area (Å²) in [6.07, 6.45) is 3.54. The van der Waals surface area contributed by atoms with Crippen molar-refractivity contribution in [2.24, 2.45) is 0 Å². The van der Waals surface area contributed by atoms with E-state index >= 15 is 0 Å². The Hall–Kier alpha value is -2.93. The fraction of sp³-hybridized carbons (Fsp3) is 0.350. The summed E-state index contributed by atoms with van der Waals surface area (Å²) in [4.78, 5) is 11.4. The van der Waals surface area contributed by atoms with Gasteiger partial charge in [0.2, 0.25) is 0 Å². The van der Waals surface area contributed by atoms with Gasteiger partial charge in [-0.2, -0.15) is 4.98 Å². The van der Waals surface area contributed by atoms with Crippen LogP contribution in [0, 0.1) is 0 Å². The van der Waals surface area contributed by atoms with Gasteiger partial charge in [-0.25, -0.2) is 4.98 Å². The van der Waals surface area contributed by atoms with Gasteiger partial charge in [-0.05, 0) is 42.8 Å². The Morgan fingerprint density at radius 1 is 1.11 bits per heavy atom. The van der Waals surface area contributed by atoms with Crippen LogP contribution in [0.2, 0.25) is 0 Å². The molecule has 0 atom stereocenters. The molecule has 0 spiro atoms. The Bertz CT molecular complexity index is 853. The van der Waals surface area contributed by atoms with E-state index in [1.165, 1.54) is 0 Å². The molecule has 7 heteroatoms. The van der Waals surface area contributed by atoms with Crippen LogP contribution in [-0.2, 0) is 6.42 Å². The van der Waals surface area contributed by atoms with Crippen molar-refractivity contribution >= 4 is 5.82 Å².